The maximum Gasteiger partial charge on any atom is 0.252 e. The minimum atomic E-state index is -3.40. The average Bonchev–Trinajstić information content (AvgIpc) is 2.76. The molecule has 1 aromatic rings. The molecule has 1 aliphatic heterocycles. The molecule has 1 fully saturated rings. The first kappa shape index (κ1) is 17.4. The molecule has 1 N–H and O–H groups in total. The standard InChI is InChI=1S/C14H23N3O3S2/c1-3-15-13(18)11-16-7-4-8-17(10-9-16)22(19,20)14-6-5-12(2)21-14/h5-6H,3-4,7-11H2,1-2H3,(H,15,18). The zero-order valence-electron chi connectivity index (χ0n) is 13.0. The maximum absolute atomic E-state index is 12.6. The van der Waals surface area contributed by atoms with Gasteiger partial charge in [0.05, 0.1) is 6.54 Å². The molecule has 8 heteroatoms. The Hall–Kier alpha value is -0.960. The summed E-state index contributed by atoms with van der Waals surface area (Å²) in [7, 11) is -3.40. The van der Waals surface area contributed by atoms with Crippen molar-refractivity contribution < 1.29 is 13.2 Å². The predicted octanol–water partition coefficient (Wildman–Crippen LogP) is 0.889. The minimum absolute atomic E-state index is 0.00677. The highest BCUT2D eigenvalue weighted by molar-refractivity contribution is 7.91. The Morgan fingerprint density at radius 1 is 1.27 bits per heavy atom. The predicted molar refractivity (Wildman–Crippen MR) is 87.6 cm³/mol. The fraction of sp³-hybridized carbons (Fsp3) is 0.643. The van der Waals surface area contributed by atoms with Crippen molar-refractivity contribution >= 4 is 27.3 Å². The molecule has 124 valence electrons. The summed E-state index contributed by atoms with van der Waals surface area (Å²) in [5, 5.41) is 2.77. The number of rotatable bonds is 5. The van der Waals surface area contributed by atoms with Gasteiger partial charge < -0.3 is 5.32 Å². The van der Waals surface area contributed by atoms with Gasteiger partial charge >= 0.3 is 0 Å². The quantitative estimate of drug-likeness (QED) is 0.860. The monoisotopic (exact) mass is 345 g/mol. The van der Waals surface area contributed by atoms with Gasteiger partial charge in [-0.15, -0.1) is 11.3 Å². The summed E-state index contributed by atoms with van der Waals surface area (Å²) in [6.45, 7) is 7.00. The Balaban J connectivity index is 1.99. The summed E-state index contributed by atoms with van der Waals surface area (Å²) in [6.07, 6.45) is 0.739. The van der Waals surface area contributed by atoms with Gasteiger partial charge in [0, 0.05) is 31.1 Å². The van der Waals surface area contributed by atoms with Gasteiger partial charge in [-0.05, 0) is 38.9 Å². The number of carbonyl (C=O) groups excluding carboxylic acids is 1. The van der Waals surface area contributed by atoms with Crippen LogP contribution in [0, 0.1) is 6.92 Å². The lowest BCUT2D eigenvalue weighted by Gasteiger charge is -2.20. The molecule has 1 saturated heterocycles. The zero-order chi connectivity index (χ0) is 16.2. The van der Waals surface area contributed by atoms with Crippen LogP contribution in [0.2, 0.25) is 0 Å². The first-order valence-electron chi connectivity index (χ1n) is 7.49. The first-order valence-corrected chi connectivity index (χ1v) is 9.75. The Morgan fingerprint density at radius 3 is 2.68 bits per heavy atom. The van der Waals surface area contributed by atoms with Crippen molar-refractivity contribution in [3.63, 3.8) is 0 Å². The lowest BCUT2D eigenvalue weighted by molar-refractivity contribution is -0.122. The van der Waals surface area contributed by atoms with Gasteiger partial charge in [-0.25, -0.2) is 8.42 Å². The number of nitrogens with one attached hydrogen (secondary N) is 1. The van der Waals surface area contributed by atoms with Crippen LogP contribution >= 0.6 is 11.3 Å². The number of carbonyl (C=O) groups is 1. The van der Waals surface area contributed by atoms with E-state index in [4.69, 9.17) is 0 Å². The molecule has 1 amide bonds. The van der Waals surface area contributed by atoms with Crippen LogP contribution in [0.5, 0.6) is 0 Å². The average molecular weight is 345 g/mol. The lowest BCUT2D eigenvalue weighted by atomic mass is 10.4. The highest BCUT2D eigenvalue weighted by Crippen LogP contribution is 2.25. The van der Waals surface area contributed by atoms with Crippen LogP contribution in [0.4, 0.5) is 0 Å². The summed E-state index contributed by atoms with van der Waals surface area (Å²) in [4.78, 5) is 14.6. The van der Waals surface area contributed by atoms with Crippen molar-refractivity contribution in [3.05, 3.63) is 17.0 Å². The van der Waals surface area contributed by atoms with E-state index < -0.39 is 10.0 Å². The van der Waals surface area contributed by atoms with Gasteiger partial charge in [0.1, 0.15) is 4.21 Å². The van der Waals surface area contributed by atoms with Crippen molar-refractivity contribution in [2.75, 3.05) is 39.3 Å². The second-order valence-corrected chi connectivity index (χ2v) is 8.81. The Labute approximate surface area is 136 Å². The number of amides is 1. The zero-order valence-corrected chi connectivity index (χ0v) is 14.7. The number of likely N-dealkylation sites (N-methyl/N-ethyl adjacent to an activating group) is 1. The minimum Gasteiger partial charge on any atom is -0.355 e. The fourth-order valence-electron chi connectivity index (χ4n) is 2.48. The fourth-order valence-corrected chi connectivity index (χ4v) is 5.39. The largest absolute Gasteiger partial charge is 0.355 e. The molecule has 6 nitrogen and oxygen atoms in total. The van der Waals surface area contributed by atoms with Gasteiger partial charge in [0.2, 0.25) is 5.91 Å². The van der Waals surface area contributed by atoms with E-state index in [0.29, 0.717) is 36.9 Å². The van der Waals surface area contributed by atoms with E-state index in [9.17, 15) is 13.2 Å². The molecule has 0 spiro atoms. The lowest BCUT2D eigenvalue weighted by Crippen LogP contribution is -2.39. The topological polar surface area (TPSA) is 69.7 Å². The van der Waals surface area contributed by atoms with Crippen molar-refractivity contribution in [3.8, 4) is 0 Å². The highest BCUT2D eigenvalue weighted by atomic mass is 32.2. The van der Waals surface area contributed by atoms with Gasteiger partial charge in [-0.2, -0.15) is 4.31 Å². The van der Waals surface area contributed by atoms with E-state index in [0.717, 1.165) is 17.8 Å². The Bertz CT molecular complexity index is 613. The molecule has 2 rings (SSSR count). The van der Waals surface area contributed by atoms with Gasteiger partial charge in [0.25, 0.3) is 10.0 Å². The molecule has 1 aromatic heterocycles. The summed E-state index contributed by atoms with van der Waals surface area (Å²) in [5.41, 5.74) is 0. The Kier molecular flexibility index (Phi) is 5.96. The molecular formula is C14H23N3O3S2. The summed E-state index contributed by atoms with van der Waals surface area (Å²) in [6, 6.07) is 3.50. The second-order valence-electron chi connectivity index (χ2n) is 5.35. The number of sulfonamides is 1. The van der Waals surface area contributed by atoms with E-state index in [2.05, 4.69) is 5.32 Å². The summed E-state index contributed by atoms with van der Waals surface area (Å²) in [5.74, 6) is -0.00677. The van der Waals surface area contributed by atoms with Crippen molar-refractivity contribution in [2.24, 2.45) is 0 Å². The third-order valence-corrected chi connectivity index (χ3v) is 6.97. The highest BCUT2D eigenvalue weighted by Gasteiger charge is 2.28. The molecule has 0 radical (unpaired) electrons. The second kappa shape index (κ2) is 7.54. The first-order chi connectivity index (χ1) is 10.4. The third-order valence-electron chi connectivity index (χ3n) is 3.60. The molecule has 0 unspecified atom stereocenters. The smallest absolute Gasteiger partial charge is 0.252 e. The number of aryl methyl sites for hydroxylation is 1. The van der Waals surface area contributed by atoms with Crippen LogP contribution in [0.3, 0.4) is 0 Å². The van der Waals surface area contributed by atoms with E-state index in [1.165, 1.54) is 15.6 Å². The SMILES string of the molecule is CCNC(=O)CN1CCCN(S(=O)(=O)c2ccc(C)s2)CC1. The molecule has 0 saturated carbocycles. The molecule has 0 bridgehead atoms. The van der Waals surface area contributed by atoms with Gasteiger partial charge in [-0.1, -0.05) is 0 Å². The summed E-state index contributed by atoms with van der Waals surface area (Å²) >= 11 is 1.31. The van der Waals surface area contributed by atoms with Crippen LogP contribution in [0.25, 0.3) is 0 Å². The van der Waals surface area contributed by atoms with Gasteiger partial charge in [-0.3, -0.25) is 9.69 Å². The van der Waals surface area contributed by atoms with Gasteiger partial charge in [0.15, 0.2) is 0 Å². The molecule has 1 aliphatic rings. The van der Waals surface area contributed by atoms with Crippen LogP contribution in [-0.4, -0.2) is 62.8 Å². The summed E-state index contributed by atoms with van der Waals surface area (Å²) < 4.78 is 27.2. The van der Waals surface area contributed by atoms with Crippen LogP contribution in [0.15, 0.2) is 16.3 Å². The normalized spacial score (nSPS) is 18.1. The Morgan fingerprint density at radius 2 is 2.05 bits per heavy atom. The van der Waals surface area contributed by atoms with Crippen molar-refractivity contribution in [1.82, 2.24) is 14.5 Å². The number of hydrogen-bond donors (Lipinski definition) is 1. The van der Waals surface area contributed by atoms with E-state index in [-0.39, 0.29) is 5.91 Å². The number of hydrogen-bond acceptors (Lipinski definition) is 5. The number of nitrogens with zero attached hydrogens (tertiary/aromatic N) is 2. The van der Waals surface area contributed by atoms with Crippen LogP contribution in [-0.2, 0) is 14.8 Å². The van der Waals surface area contributed by atoms with E-state index >= 15 is 0 Å². The van der Waals surface area contributed by atoms with Crippen LogP contribution < -0.4 is 5.32 Å². The molecule has 0 atom stereocenters. The molecule has 22 heavy (non-hydrogen) atoms. The molecule has 0 aliphatic carbocycles. The van der Waals surface area contributed by atoms with Crippen LogP contribution in [0.1, 0.15) is 18.2 Å². The van der Waals surface area contributed by atoms with Crippen molar-refractivity contribution in [2.45, 2.75) is 24.5 Å². The maximum atomic E-state index is 12.6. The van der Waals surface area contributed by atoms with E-state index in [1.54, 1.807) is 6.07 Å². The van der Waals surface area contributed by atoms with Crippen molar-refractivity contribution in [1.29, 1.82) is 0 Å². The third kappa shape index (κ3) is 4.28. The molecule has 2 heterocycles. The molecule has 0 aromatic carbocycles. The molecular weight excluding hydrogens is 322 g/mol. The van der Waals surface area contributed by atoms with E-state index in [1.807, 2.05) is 24.8 Å². The number of thiophene rings is 1.